The molecule has 0 amide bonds. The zero-order valence-electron chi connectivity index (χ0n) is 8.11. The zero-order valence-corrected chi connectivity index (χ0v) is 8.11. The van der Waals surface area contributed by atoms with E-state index in [1.807, 2.05) is 7.05 Å². The first-order chi connectivity index (χ1) is 5.22. The Hall–Kier alpha value is -0.0400. The van der Waals surface area contributed by atoms with E-state index in [1.54, 1.807) is 0 Å². The highest BCUT2D eigenvalue weighted by Gasteiger charge is 2.39. The van der Waals surface area contributed by atoms with E-state index in [-0.39, 0.29) is 0 Å². The Morgan fingerprint density at radius 2 is 2.09 bits per heavy atom. The molecule has 0 unspecified atom stereocenters. The highest BCUT2D eigenvalue weighted by molar-refractivity contribution is 4.90. The summed E-state index contributed by atoms with van der Waals surface area (Å²) < 4.78 is 0. The van der Waals surface area contributed by atoms with Crippen molar-refractivity contribution in [2.75, 3.05) is 13.6 Å². The lowest BCUT2D eigenvalue weighted by molar-refractivity contribution is 0.0521. The minimum Gasteiger partial charge on any atom is -0.320 e. The van der Waals surface area contributed by atoms with Gasteiger partial charge in [-0.15, -0.1) is 0 Å². The maximum absolute atomic E-state index is 3.24. The average molecular weight is 155 g/mol. The Morgan fingerprint density at radius 1 is 1.45 bits per heavy atom. The summed E-state index contributed by atoms with van der Waals surface area (Å²) in [7, 11) is 2.05. The lowest BCUT2D eigenvalue weighted by Crippen LogP contribution is -2.37. The molecule has 0 aromatic rings. The first kappa shape index (κ1) is 9.05. The van der Waals surface area contributed by atoms with E-state index in [0.717, 1.165) is 11.3 Å². The van der Waals surface area contributed by atoms with Crippen LogP contribution >= 0.6 is 0 Å². The van der Waals surface area contributed by atoms with Crippen LogP contribution in [0, 0.1) is 11.3 Å². The van der Waals surface area contributed by atoms with Crippen LogP contribution in [-0.2, 0) is 0 Å². The molecule has 0 aliphatic heterocycles. The Balaban J connectivity index is 2.26. The van der Waals surface area contributed by atoms with Gasteiger partial charge in [0.05, 0.1) is 0 Å². The molecule has 11 heavy (non-hydrogen) atoms. The molecule has 0 bridgehead atoms. The third-order valence-corrected chi connectivity index (χ3v) is 3.22. The maximum atomic E-state index is 3.24. The van der Waals surface area contributed by atoms with E-state index in [9.17, 15) is 0 Å². The van der Waals surface area contributed by atoms with Crippen molar-refractivity contribution in [3.05, 3.63) is 0 Å². The molecule has 0 aromatic carbocycles. The van der Waals surface area contributed by atoms with E-state index in [4.69, 9.17) is 0 Å². The summed E-state index contributed by atoms with van der Waals surface area (Å²) in [6.07, 6.45) is 5.68. The van der Waals surface area contributed by atoms with Crippen molar-refractivity contribution in [1.29, 1.82) is 0 Å². The molecule has 1 saturated carbocycles. The molecule has 0 aromatic heterocycles. The molecule has 1 N–H and O–H groups in total. The number of rotatable bonds is 4. The Morgan fingerprint density at radius 3 is 2.45 bits per heavy atom. The molecule has 0 radical (unpaired) electrons. The van der Waals surface area contributed by atoms with Gasteiger partial charge in [-0.25, -0.2) is 0 Å². The van der Waals surface area contributed by atoms with Gasteiger partial charge in [0.1, 0.15) is 0 Å². The quantitative estimate of drug-likeness (QED) is 0.657. The van der Waals surface area contributed by atoms with Crippen molar-refractivity contribution < 1.29 is 0 Å². The maximum Gasteiger partial charge on any atom is -0.00466 e. The summed E-state index contributed by atoms with van der Waals surface area (Å²) in [5.41, 5.74) is 0.725. The van der Waals surface area contributed by atoms with Crippen molar-refractivity contribution in [3.8, 4) is 0 Å². The van der Waals surface area contributed by atoms with Gasteiger partial charge < -0.3 is 5.32 Å². The van der Waals surface area contributed by atoms with Gasteiger partial charge in [-0.3, -0.25) is 0 Å². The van der Waals surface area contributed by atoms with Gasteiger partial charge in [-0.2, -0.15) is 0 Å². The van der Waals surface area contributed by atoms with Crippen LogP contribution in [0.4, 0.5) is 0 Å². The van der Waals surface area contributed by atoms with Crippen LogP contribution in [0.15, 0.2) is 0 Å². The SMILES string of the molecule is CCC1(CCNC)CC(C)C1. The predicted molar refractivity (Wildman–Crippen MR) is 49.7 cm³/mol. The first-order valence-corrected chi connectivity index (χ1v) is 4.87. The predicted octanol–water partition coefficient (Wildman–Crippen LogP) is 2.42. The van der Waals surface area contributed by atoms with Crippen molar-refractivity contribution in [2.24, 2.45) is 11.3 Å². The number of nitrogens with one attached hydrogen (secondary N) is 1. The molecule has 1 heteroatoms. The van der Waals surface area contributed by atoms with Crippen molar-refractivity contribution in [1.82, 2.24) is 5.32 Å². The fourth-order valence-corrected chi connectivity index (χ4v) is 2.48. The van der Waals surface area contributed by atoms with Gasteiger partial charge in [0.2, 0.25) is 0 Å². The van der Waals surface area contributed by atoms with E-state index >= 15 is 0 Å². The molecule has 0 spiro atoms. The standard InChI is InChI=1S/C10H21N/c1-4-10(5-6-11-3)7-9(2)8-10/h9,11H,4-8H2,1-3H3. The largest absolute Gasteiger partial charge is 0.320 e. The topological polar surface area (TPSA) is 12.0 Å². The Bertz CT molecular complexity index is 114. The van der Waals surface area contributed by atoms with Crippen LogP contribution in [0.1, 0.15) is 39.5 Å². The number of hydrogen-bond donors (Lipinski definition) is 1. The van der Waals surface area contributed by atoms with Crippen LogP contribution in [-0.4, -0.2) is 13.6 Å². The van der Waals surface area contributed by atoms with Crippen LogP contribution in [0.3, 0.4) is 0 Å². The van der Waals surface area contributed by atoms with E-state index in [2.05, 4.69) is 19.2 Å². The zero-order chi connectivity index (χ0) is 8.32. The average Bonchev–Trinajstić information content (AvgIpc) is 1.96. The van der Waals surface area contributed by atoms with Gasteiger partial charge in [-0.05, 0) is 44.2 Å². The molecular weight excluding hydrogens is 134 g/mol. The third-order valence-electron chi connectivity index (χ3n) is 3.22. The fourth-order valence-electron chi connectivity index (χ4n) is 2.48. The van der Waals surface area contributed by atoms with Gasteiger partial charge in [-0.1, -0.05) is 20.3 Å². The molecular formula is C10H21N. The van der Waals surface area contributed by atoms with Gasteiger partial charge in [0.15, 0.2) is 0 Å². The molecule has 66 valence electrons. The highest BCUT2D eigenvalue weighted by atomic mass is 14.8. The minimum atomic E-state index is 0.725. The van der Waals surface area contributed by atoms with Gasteiger partial charge in [0, 0.05) is 0 Å². The van der Waals surface area contributed by atoms with Crippen LogP contribution in [0.5, 0.6) is 0 Å². The van der Waals surface area contributed by atoms with Crippen molar-refractivity contribution in [3.63, 3.8) is 0 Å². The van der Waals surface area contributed by atoms with Crippen LogP contribution < -0.4 is 5.32 Å². The second kappa shape index (κ2) is 3.57. The van der Waals surface area contributed by atoms with Gasteiger partial charge in [0.25, 0.3) is 0 Å². The Labute approximate surface area is 70.6 Å². The molecule has 0 saturated heterocycles. The van der Waals surface area contributed by atoms with Crippen molar-refractivity contribution in [2.45, 2.75) is 39.5 Å². The molecule has 1 aliphatic carbocycles. The molecule has 1 nitrogen and oxygen atoms in total. The summed E-state index contributed by atoms with van der Waals surface area (Å²) in [5, 5.41) is 3.24. The first-order valence-electron chi connectivity index (χ1n) is 4.87. The molecule has 0 heterocycles. The molecule has 0 atom stereocenters. The van der Waals surface area contributed by atoms with Gasteiger partial charge >= 0.3 is 0 Å². The fraction of sp³-hybridized carbons (Fsp3) is 1.00. The normalized spacial score (nSPS) is 36.8. The summed E-state index contributed by atoms with van der Waals surface area (Å²) in [6, 6.07) is 0. The summed E-state index contributed by atoms with van der Waals surface area (Å²) >= 11 is 0. The minimum absolute atomic E-state index is 0.725. The van der Waals surface area contributed by atoms with E-state index in [0.29, 0.717) is 0 Å². The highest BCUT2D eigenvalue weighted by Crippen LogP contribution is 2.50. The summed E-state index contributed by atoms with van der Waals surface area (Å²) in [6.45, 7) is 5.90. The van der Waals surface area contributed by atoms with Crippen LogP contribution in [0.2, 0.25) is 0 Å². The smallest absolute Gasteiger partial charge is 0.00466 e. The van der Waals surface area contributed by atoms with Crippen molar-refractivity contribution >= 4 is 0 Å². The molecule has 1 aliphatic rings. The van der Waals surface area contributed by atoms with E-state index < -0.39 is 0 Å². The second-order valence-corrected chi connectivity index (χ2v) is 4.22. The van der Waals surface area contributed by atoms with Crippen LogP contribution in [0.25, 0.3) is 0 Å². The molecule has 1 rings (SSSR count). The summed E-state index contributed by atoms with van der Waals surface area (Å²) in [4.78, 5) is 0. The number of hydrogen-bond acceptors (Lipinski definition) is 1. The monoisotopic (exact) mass is 155 g/mol. The third kappa shape index (κ3) is 1.96. The lowest BCUT2D eigenvalue weighted by Gasteiger charge is -2.46. The molecule has 1 fully saturated rings. The Kier molecular flexibility index (Phi) is 2.94. The second-order valence-electron chi connectivity index (χ2n) is 4.22. The lowest BCUT2D eigenvalue weighted by atomic mass is 9.59. The van der Waals surface area contributed by atoms with E-state index in [1.165, 1.54) is 32.2 Å². The summed E-state index contributed by atoms with van der Waals surface area (Å²) in [5.74, 6) is 0.992.